The third kappa shape index (κ3) is 4.57. The molecule has 0 spiro atoms. The molecule has 122 valence electrons. The van der Waals surface area contributed by atoms with Crippen LogP contribution in [-0.4, -0.2) is 16.1 Å². The highest BCUT2D eigenvalue weighted by atomic mass is 79.9. The topological polar surface area (TPSA) is 54.9 Å². The van der Waals surface area contributed by atoms with E-state index in [1.54, 1.807) is 30.0 Å². The molecule has 0 unspecified atom stereocenters. The highest BCUT2D eigenvalue weighted by molar-refractivity contribution is 9.10. The zero-order valence-corrected chi connectivity index (χ0v) is 16.2. The standard InChI is InChI=1S/C16H11BrClN3OS2/c17-11-6-7-13(18)12(8-11)14(22)19-15-20-21-16(24-15)23-9-10-4-2-1-3-5-10/h1-8H,9H2,(H,19,20,22). The van der Waals surface area contributed by atoms with Crippen LogP contribution >= 0.6 is 50.6 Å². The van der Waals surface area contributed by atoms with E-state index in [2.05, 4.69) is 43.6 Å². The summed E-state index contributed by atoms with van der Waals surface area (Å²) in [6.07, 6.45) is 0. The Labute approximate surface area is 160 Å². The van der Waals surface area contributed by atoms with Crippen molar-refractivity contribution in [2.45, 2.75) is 10.1 Å². The summed E-state index contributed by atoms with van der Waals surface area (Å²) in [4.78, 5) is 12.3. The summed E-state index contributed by atoms with van der Waals surface area (Å²) in [6, 6.07) is 15.2. The number of thioether (sulfide) groups is 1. The van der Waals surface area contributed by atoms with Crippen molar-refractivity contribution in [3.63, 3.8) is 0 Å². The van der Waals surface area contributed by atoms with E-state index in [0.29, 0.717) is 15.7 Å². The van der Waals surface area contributed by atoms with Crippen LogP contribution in [-0.2, 0) is 5.75 Å². The van der Waals surface area contributed by atoms with Crippen LogP contribution in [0.25, 0.3) is 0 Å². The van der Waals surface area contributed by atoms with Crippen LogP contribution in [0.3, 0.4) is 0 Å². The largest absolute Gasteiger partial charge is 0.296 e. The Morgan fingerprint density at radius 1 is 1.21 bits per heavy atom. The van der Waals surface area contributed by atoms with Gasteiger partial charge < -0.3 is 0 Å². The van der Waals surface area contributed by atoms with Crippen molar-refractivity contribution in [1.82, 2.24) is 10.2 Å². The molecule has 1 N–H and O–H groups in total. The van der Waals surface area contributed by atoms with Crippen LogP contribution in [0.5, 0.6) is 0 Å². The van der Waals surface area contributed by atoms with E-state index >= 15 is 0 Å². The fourth-order valence-corrected chi connectivity index (χ4v) is 4.14. The molecule has 0 bridgehead atoms. The SMILES string of the molecule is O=C(Nc1nnc(SCc2ccccc2)s1)c1cc(Br)ccc1Cl. The van der Waals surface area contributed by atoms with Gasteiger partial charge in [0.1, 0.15) is 0 Å². The van der Waals surface area contributed by atoms with Crippen molar-refractivity contribution >= 4 is 61.7 Å². The number of carbonyl (C=O) groups excluding carboxylic acids is 1. The number of hydrogen-bond donors (Lipinski definition) is 1. The van der Waals surface area contributed by atoms with E-state index in [1.165, 1.54) is 16.9 Å². The summed E-state index contributed by atoms with van der Waals surface area (Å²) >= 11 is 12.3. The second kappa shape index (κ2) is 8.11. The van der Waals surface area contributed by atoms with E-state index in [0.717, 1.165) is 14.6 Å². The van der Waals surface area contributed by atoms with E-state index in [-0.39, 0.29) is 5.91 Å². The molecule has 0 saturated heterocycles. The van der Waals surface area contributed by atoms with Gasteiger partial charge in [0.2, 0.25) is 5.13 Å². The Kier molecular flexibility index (Phi) is 5.89. The van der Waals surface area contributed by atoms with E-state index in [4.69, 9.17) is 11.6 Å². The first-order chi connectivity index (χ1) is 11.6. The summed E-state index contributed by atoms with van der Waals surface area (Å²) in [7, 11) is 0. The monoisotopic (exact) mass is 439 g/mol. The van der Waals surface area contributed by atoms with Crippen molar-refractivity contribution < 1.29 is 4.79 Å². The molecule has 3 aromatic rings. The molecule has 0 atom stereocenters. The minimum absolute atomic E-state index is 0.308. The van der Waals surface area contributed by atoms with E-state index in [9.17, 15) is 4.79 Å². The normalized spacial score (nSPS) is 10.6. The lowest BCUT2D eigenvalue weighted by Gasteiger charge is -2.04. The molecule has 8 heteroatoms. The zero-order valence-electron chi connectivity index (χ0n) is 12.2. The molecule has 0 aliphatic heterocycles. The molecule has 2 aromatic carbocycles. The van der Waals surface area contributed by atoms with Gasteiger partial charge in [-0.05, 0) is 23.8 Å². The predicted molar refractivity (Wildman–Crippen MR) is 103 cm³/mol. The summed E-state index contributed by atoms with van der Waals surface area (Å²) in [5, 5.41) is 11.7. The first kappa shape index (κ1) is 17.4. The molecule has 0 aliphatic carbocycles. The number of carbonyl (C=O) groups is 1. The number of aromatic nitrogens is 2. The Balaban J connectivity index is 1.63. The smallest absolute Gasteiger partial charge is 0.259 e. The Morgan fingerprint density at radius 3 is 2.79 bits per heavy atom. The maximum Gasteiger partial charge on any atom is 0.259 e. The van der Waals surface area contributed by atoms with Crippen LogP contribution in [0.4, 0.5) is 5.13 Å². The summed E-state index contributed by atoms with van der Waals surface area (Å²) in [5.41, 5.74) is 1.60. The molecule has 4 nitrogen and oxygen atoms in total. The van der Waals surface area contributed by atoms with Gasteiger partial charge in [-0.3, -0.25) is 10.1 Å². The summed E-state index contributed by atoms with van der Waals surface area (Å²) < 4.78 is 1.59. The number of rotatable bonds is 5. The maximum absolute atomic E-state index is 12.3. The zero-order chi connectivity index (χ0) is 16.9. The van der Waals surface area contributed by atoms with Crippen LogP contribution in [0.2, 0.25) is 5.02 Å². The second-order valence-electron chi connectivity index (χ2n) is 4.73. The average Bonchev–Trinajstić information content (AvgIpc) is 3.03. The molecule has 1 amide bonds. The van der Waals surface area contributed by atoms with Crippen molar-refractivity contribution in [3.8, 4) is 0 Å². The maximum atomic E-state index is 12.3. The van der Waals surface area contributed by atoms with E-state index < -0.39 is 0 Å². The van der Waals surface area contributed by atoms with Gasteiger partial charge in [-0.1, -0.05) is 81.0 Å². The minimum atomic E-state index is -0.308. The van der Waals surface area contributed by atoms with Crippen LogP contribution < -0.4 is 5.32 Å². The van der Waals surface area contributed by atoms with E-state index in [1.807, 2.05) is 18.2 Å². The lowest BCUT2D eigenvalue weighted by molar-refractivity contribution is 0.102. The van der Waals surface area contributed by atoms with Gasteiger partial charge in [0.05, 0.1) is 10.6 Å². The average molecular weight is 441 g/mol. The minimum Gasteiger partial charge on any atom is -0.296 e. The first-order valence-electron chi connectivity index (χ1n) is 6.88. The number of nitrogens with one attached hydrogen (secondary N) is 1. The quantitative estimate of drug-likeness (QED) is 0.420. The lowest BCUT2D eigenvalue weighted by Crippen LogP contribution is -2.12. The lowest BCUT2D eigenvalue weighted by atomic mass is 10.2. The Morgan fingerprint density at radius 2 is 2.00 bits per heavy atom. The van der Waals surface area contributed by atoms with Crippen molar-refractivity contribution in [1.29, 1.82) is 0 Å². The van der Waals surface area contributed by atoms with Crippen LogP contribution in [0.1, 0.15) is 15.9 Å². The highest BCUT2D eigenvalue weighted by Crippen LogP contribution is 2.29. The fourth-order valence-electron chi connectivity index (χ4n) is 1.87. The highest BCUT2D eigenvalue weighted by Gasteiger charge is 2.14. The molecule has 24 heavy (non-hydrogen) atoms. The third-order valence-corrected chi connectivity index (χ3v) is 5.87. The van der Waals surface area contributed by atoms with Gasteiger partial charge in [-0.25, -0.2) is 0 Å². The molecule has 1 heterocycles. The van der Waals surface area contributed by atoms with Gasteiger partial charge in [0, 0.05) is 10.2 Å². The fraction of sp³-hybridized carbons (Fsp3) is 0.0625. The van der Waals surface area contributed by atoms with Gasteiger partial charge >= 0.3 is 0 Å². The molecule has 0 radical (unpaired) electrons. The molecule has 0 fully saturated rings. The predicted octanol–water partition coefficient (Wildman–Crippen LogP) is 5.50. The Hall–Kier alpha value is -1.41. The van der Waals surface area contributed by atoms with Gasteiger partial charge in [0.15, 0.2) is 4.34 Å². The van der Waals surface area contributed by atoms with Gasteiger partial charge in [-0.15, -0.1) is 10.2 Å². The molecular weight excluding hydrogens is 430 g/mol. The number of nitrogens with zero attached hydrogens (tertiary/aromatic N) is 2. The first-order valence-corrected chi connectivity index (χ1v) is 9.86. The molecule has 0 aliphatic rings. The van der Waals surface area contributed by atoms with Crippen LogP contribution in [0.15, 0.2) is 57.3 Å². The van der Waals surface area contributed by atoms with Gasteiger partial charge in [0.25, 0.3) is 5.91 Å². The number of amides is 1. The Bertz CT molecular complexity index is 858. The molecule has 0 saturated carbocycles. The summed E-state index contributed by atoms with van der Waals surface area (Å²) in [5.74, 6) is 0.498. The number of hydrogen-bond acceptors (Lipinski definition) is 5. The van der Waals surface area contributed by atoms with Crippen molar-refractivity contribution in [2.75, 3.05) is 5.32 Å². The summed E-state index contributed by atoms with van der Waals surface area (Å²) in [6.45, 7) is 0. The molecule has 1 aromatic heterocycles. The molecule has 3 rings (SSSR count). The van der Waals surface area contributed by atoms with Crippen molar-refractivity contribution in [3.05, 3.63) is 69.2 Å². The number of halogens is 2. The second-order valence-corrected chi connectivity index (χ2v) is 8.25. The van der Waals surface area contributed by atoms with Crippen molar-refractivity contribution in [2.24, 2.45) is 0 Å². The number of benzene rings is 2. The molecular formula is C16H11BrClN3OS2. The number of anilines is 1. The van der Waals surface area contributed by atoms with Crippen LogP contribution in [0, 0.1) is 0 Å². The van der Waals surface area contributed by atoms with Gasteiger partial charge in [-0.2, -0.15) is 0 Å². The third-order valence-electron chi connectivity index (χ3n) is 3.01.